The van der Waals surface area contributed by atoms with Gasteiger partial charge in [0.2, 0.25) is 10.0 Å². The summed E-state index contributed by atoms with van der Waals surface area (Å²) in [5.74, 6) is 0. The second kappa shape index (κ2) is 8.28. The molecule has 0 aliphatic heterocycles. The number of benzene rings is 2. The number of nitrogens with two attached hydrogens (primary N) is 1. The number of sulfonamides is 1. The average Bonchev–Trinajstić information content (AvgIpc) is 2.54. The first-order chi connectivity index (χ1) is 11.4. The van der Waals surface area contributed by atoms with Gasteiger partial charge in [0.05, 0.1) is 5.69 Å². The van der Waals surface area contributed by atoms with Crippen molar-refractivity contribution in [3.05, 3.63) is 60.2 Å². The van der Waals surface area contributed by atoms with Crippen molar-refractivity contribution < 1.29 is 8.42 Å². The summed E-state index contributed by atoms with van der Waals surface area (Å²) >= 11 is 0. The van der Waals surface area contributed by atoms with E-state index in [1.54, 1.807) is 12.1 Å². The second-order valence-electron chi connectivity index (χ2n) is 5.94. The maximum atomic E-state index is 12.7. The number of para-hydroxylation sites is 1. The van der Waals surface area contributed by atoms with Gasteiger partial charge >= 0.3 is 0 Å². The number of rotatable bonds is 8. The summed E-state index contributed by atoms with van der Waals surface area (Å²) in [6.45, 7) is 5.23. The molecule has 0 saturated carbocycles. The lowest BCUT2D eigenvalue weighted by atomic mass is 10.2. The molecule has 0 fully saturated rings. The van der Waals surface area contributed by atoms with Crippen LogP contribution in [-0.4, -0.2) is 27.5 Å². The highest BCUT2D eigenvalue weighted by Gasteiger charge is 2.22. The van der Waals surface area contributed by atoms with Gasteiger partial charge in [-0.3, -0.25) is 0 Å². The van der Waals surface area contributed by atoms with E-state index in [1.165, 1.54) is 0 Å². The van der Waals surface area contributed by atoms with E-state index in [0.29, 0.717) is 25.3 Å². The van der Waals surface area contributed by atoms with Gasteiger partial charge in [0.25, 0.3) is 0 Å². The van der Waals surface area contributed by atoms with E-state index < -0.39 is 10.0 Å². The van der Waals surface area contributed by atoms with E-state index in [4.69, 9.17) is 5.73 Å². The van der Waals surface area contributed by atoms with Gasteiger partial charge in [-0.15, -0.1) is 0 Å². The van der Waals surface area contributed by atoms with Gasteiger partial charge in [-0.1, -0.05) is 42.5 Å². The summed E-state index contributed by atoms with van der Waals surface area (Å²) in [5, 5.41) is 0. The van der Waals surface area contributed by atoms with Crippen molar-refractivity contribution >= 4 is 15.7 Å². The lowest BCUT2D eigenvalue weighted by molar-refractivity contribution is 0.569. The number of nitrogens with one attached hydrogen (secondary N) is 1. The fourth-order valence-corrected chi connectivity index (χ4v) is 4.04. The summed E-state index contributed by atoms with van der Waals surface area (Å²) in [6.07, 6.45) is 0. The molecule has 2 aromatic rings. The molecule has 0 aliphatic carbocycles. The van der Waals surface area contributed by atoms with E-state index in [1.807, 2.05) is 61.2 Å². The van der Waals surface area contributed by atoms with Crippen LogP contribution in [0.25, 0.3) is 0 Å². The fourth-order valence-electron chi connectivity index (χ4n) is 2.56. The minimum atomic E-state index is -3.58. The van der Waals surface area contributed by atoms with Crippen molar-refractivity contribution in [1.82, 2.24) is 4.72 Å². The molecule has 0 aromatic heterocycles. The van der Waals surface area contributed by atoms with E-state index in [9.17, 15) is 8.42 Å². The molecule has 0 atom stereocenters. The lowest BCUT2D eigenvalue weighted by Crippen LogP contribution is -2.34. The summed E-state index contributed by atoms with van der Waals surface area (Å²) in [7, 11) is -3.58. The molecule has 0 saturated heterocycles. The highest BCUT2D eigenvalue weighted by atomic mass is 32.2. The topological polar surface area (TPSA) is 75.4 Å². The first-order valence-electron chi connectivity index (χ1n) is 8.04. The quantitative estimate of drug-likeness (QED) is 0.768. The number of anilines is 1. The van der Waals surface area contributed by atoms with E-state index >= 15 is 0 Å². The molecule has 0 spiro atoms. The molecule has 5 nitrogen and oxygen atoms in total. The van der Waals surface area contributed by atoms with Crippen LogP contribution < -0.4 is 15.4 Å². The van der Waals surface area contributed by atoms with Crippen molar-refractivity contribution in [1.29, 1.82) is 0 Å². The third-order valence-corrected chi connectivity index (χ3v) is 5.21. The molecule has 24 heavy (non-hydrogen) atoms. The molecule has 0 heterocycles. The van der Waals surface area contributed by atoms with Crippen LogP contribution >= 0.6 is 0 Å². The van der Waals surface area contributed by atoms with Crippen molar-refractivity contribution in [2.24, 2.45) is 5.73 Å². The molecule has 0 bridgehead atoms. The Morgan fingerprint density at radius 3 is 2.29 bits per heavy atom. The van der Waals surface area contributed by atoms with Gasteiger partial charge in [-0.25, -0.2) is 13.1 Å². The first-order valence-corrected chi connectivity index (χ1v) is 9.52. The highest BCUT2D eigenvalue weighted by molar-refractivity contribution is 7.89. The zero-order chi connectivity index (χ0) is 17.6. The first kappa shape index (κ1) is 18.4. The Labute approximate surface area is 144 Å². The Bertz CT molecular complexity index is 746. The molecule has 0 aliphatic rings. The van der Waals surface area contributed by atoms with Gasteiger partial charge < -0.3 is 10.6 Å². The molecular weight excluding hydrogens is 322 g/mol. The molecule has 0 unspecified atom stereocenters. The number of nitrogens with zero attached hydrogens (tertiary/aromatic N) is 1. The zero-order valence-corrected chi connectivity index (χ0v) is 15.0. The van der Waals surface area contributed by atoms with Crippen LogP contribution in [0.1, 0.15) is 19.4 Å². The molecule has 2 rings (SSSR count). The standard InChI is InChI=1S/C18H25N3O2S/c1-15(2)20-24(22,23)18-11-7-6-10-17(18)21(13-12-19)14-16-8-4-3-5-9-16/h3-11,15,20H,12-14,19H2,1-2H3. The molecule has 3 N–H and O–H groups in total. The minimum Gasteiger partial charge on any atom is -0.365 e. The largest absolute Gasteiger partial charge is 0.365 e. The van der Waals surface area contributed by atoms with Crippen molar-refractivity contribution in [2.45, 2.75) is 31.3 Å². The maximum absolute atomic E-state index is 12.7. The number of hydrogen-bond donors (Lipinski definition) is 2. The fraction of sp³-hybridized carbons (Fsp3) is 0.333. The Morgan fingerprint density at radius 1 is 1.04 bits per heavy atom. The van der Waals surface area contributed by atoms with Gasteiger partial charge in [0.15, 0.2) is 0 Å². The Kier molecular flexibility index (Phi) is 6.36. The highest BCUT2D eigenvalue weighted by Crippen LogP contribution is 2.26. The smallest absolute Gasteiger partial charge is 0.242 e. The molecule has 0 amide bonds. The summed E-state index contributed by atoms with van der Waals surface area (Å²) in [6, 6.07) is 16.8. The van der Waals surface area contributed by atoms with Crippen LogP contribution in [-0.2, 0) is 16.6 Å². The summed E-state index contributed by atoms with van der Waals surface area (Å²) in [4.78, 5) is 2.28. The van der Waals surface area contributed by atoms with Crippen LogP contribution in [0.3, 0.4) is 0 Å². The summed E-state index contributed by atoms with van der Waals surface area (Å²) in [5.41, 5.74) is 7.53. The molecule has 2 aromatic carbocycles. The van der Waals surface area contributed by atoms with E-state index in [-0.39, 0.29) is 10.9 Å². The molecule has 0 radical (unpaired) electrons. The van der Waals surface area contributed by atoms with Crippen LogP contribution in [0.4, 0.5) is 5.69 Å². The molecular formula is C18H25N3O2S. The third-order valence-electron chi connectivity index (χ3n) is 3.50. The second-order valence-corrected chi connectivity index (χ2v) is 7.62. The molecule has 6 heteroatoms. The third kappa shape index (κ3) is 4.80. The molecule has 130 valence electrons. The van der Waals surface area contributed by atoms with Crippen molar-refractivity contribution in [3.8, 4) is 0 Å². The zero-order valence-electron chi connectivity index (χ0n) is 14.1. The monoisotopic (exact) mass is 347 g/mol. The van der Waals surface area contributed by atoms with Crippen LogP contribution in [0, 0.1) is 0 Å². The van der Waals surface area contributed by atoms with Crippen LogP contribution in [0.5, 0.6) is 0 Å². The average molecular weight is 347 g/mol. The normalized spacial score (nSPS) is 11.7. The Balaban J connectivity index is 2.40. The van der Waals surface area contributed by atoms with Crippen LogP contribution in [0.2, 0.25) is 0 Å². The van der Waals surface area contributed by atoms with Crippen LogP contribution in [0.15, 0.2) is 59.5 Å². The van der Waals surface area contributed by atoms with E-state index in [2.05, 4.69) is 4.72 Å². The Morgan fingerprint density at radius 2 is 1.67 bits per heavy atom. The SMILES string of the molecule is CC(C)NS(=O)(=O)c1ccccc1N(CCN)Cc1ccccc1. The number of hydrogen-bond acceptors (Lipinski definition) is 4. The predicted molar refractivity (Wildman–Crippen MR) is 98.4 cm³/mol. The van der Waals surface area contributed by atoms with Gasteiger partial charge in [-0.05, 0) is 31.5 Å². The summed E-state index contributed by atoms with van der Waals surface area (Å²) < 4.78 is 28.0. The van der Waals surface area contributed by atoms with Crippen molar-refractivity contribution in [3.63, 3.8) is 0 Å². The van der Waals surface area contributed by atoms with Gasteiger partial charge in [-0.2, -0.15) is 0 Å². The van der Waals surface area contributed by atoms with E-state index in [0.717, 1.165) is 5.56 Å². The predicted octanol–water partition coefficient (Wildman–Crippen LogP) is 2.34. The maximum Gasteiger partial charge on any atom is 0.242 e. The van der Waals surface area contributed by atoms with Gasteiger partial charge in [0, 0.05) is 25.7 Å². The van der Waals surface area contributed by atoms with Gasteiger partial charge in [0.1, 0.15) is 4.90 Å². The minimum absolute atomic E-state index is 0.167. The van der Waals surface area contributed by atoms with Crippen molar-refractivity contribution in [2.75, 3.05) is 18.0 Å². The Hall–Kier alpha value is -1.89. The lowest BCUT2D eigenvalue weighted by Gasteiger charge is -2.27.